The number of aromatic nitrogens is 2. The van der Waals surface area contributed by atoms with Crippen LogP contribution in [0.25, 0.3) is 5.69 Å². The Morgan fingerprint density at radius 1 is 1.24 bits per heavy atom. The van der Waals surface area contributed by atoms with Gasteiger partial charge in [-0.2, -0.15) is 5.10 Å². The first kappa shape index (κ1) is 15.8. The fraction of sp³-hybridized carbons (Fsp3) is 0.375. The van der Waals surface area contributed by atoms with Gasteiger partial charge in [0.05, 0.1) is 23.0 Å². The monoisotopic (exact) mass is 350 g/mol. The van der Waals surface area contributed by atoms with Gasteiger partial charge in [-0.3, -0.25) is 0 Å². The van der Waals surface area contributed by atoms with Crippen LogP contribution in [0.15, 0.2) is 22.7 Å². The number of benzene rings is 1. The Hall–Kier alpha value is -1.62. The van der Waals surface area contributed by atoms with E-state index in [9.17, 15) is 4.79 Å². The maximum absolute atomic E-state index is 11.9. The van der Waals surface area contributed by atoms with Crippen molar-refractivity contribution in [2.45, 2.75) is 33.6 Å². The zero-order valence-electron chi connectivity index (χ0n) is 12.9. The van der Waals surface area contributed by atoms with Crippen LogP contribution in [0.1, 0.15) is 47.1 Å². The minimum absolute atomic E-state index is 0.214. The average molecular weight is 351 g/mol. The molecular formula is C16H19BrN2O2. The fourth-order valence-corrected chi connectivity index (χ4v) is 3.27. The van der Waals surface area contributed by atoms with Gasteiger partial charge in [0.2, 0.25) is 0 Å². The SMILES string of the molecule is COC(=O)c1nn(-c2cc(C)cc(C)c2)c(C(C)C)c1Br. The highest BCUT2D eigenvalue weighted by atomic mass is 79.9. The van der Waals surface area contributed by atoms with E-state index in [1.807, 2.05) is 18.5 Å². The van der Waals surface area contributed by atoms with Gasteiger partial charge in [-0.05, 0) is 59.0 Å². The summed E-state index contributed by atoms with van der Waals surface area (Å²) < 4.78 is 7.32. The highest BCUT2D eigenvalue weighted by molar-refractivity contribution is 9.10. The van der Waals surface area contributed by atoms with Crippen molar-refractivity contribution in [2.24, 2.45) is 0 Å². The van der Waals surface area contributed by atoms with Gasteiger partial charge >= 0.3 is 5.97 Å². The number of aryl methyl sites for hydroxylation is 2. The predicted molar refractivity (Wildman–Crippen MR) is 86.2 cm³/mol. The van der Waals surface area contributed by atoms with E-state index in [0.717, 1.165) is 22.5 Å². The van der Waals surface area contributed by atoms with E-state index >= 15 is 0 Å². The number of methoxy groups -OCH3 is 1. The largest absolute Gasteiger partial charge is 0.464 e. The van der Waals surface area contributed by atoms with Crippen LogP contribution in [0, 0.1) is 13.8 Å². The van der Waals surface area contributed by atoms with Gasteiger partial charge in [-0.15, -0.1) is 0 Å². The second-order valence-electron chi connectivity index (χ2n) is 5.45. The summed E-state index contributed by atoms with van der Waals surface area (Å²) in [5.74, 6) is -0.224. The topological polar surface area (TPSA) is 44.1 Å². The van der Waals surface area contributed by atoms with Crippen molar-refractivity contribution in [1.29, 1.82) is 0 Å². The molecule has 0 N–H and O–H groups in total. The van der Waals surface area contributed by atoms with Crippen LogP contribution in [0.3, 0.4) is 0 Å². The lowest BCUT2D eigenvalue weighted by Crippen LogP contribution is -2.06. The Bertz CT molecular complexity index is 670. The van der Waals surface area contributed by atoms with Crippen molar-refractivity contribution in [3.63, 3.8) is 0 Å². The molecule has 0 atom stereocenters. The van der Waals surface area contributed by atoms with Crippen LogP contribution < -0.4 is 0 Å². The smallest absolute Gasteiger partial charge is 0.359 e. The van der Waals surface area contributed by atoms with Crippen LogP contribution in [0.2, 0.25) is 0 Å². The van der Waals surface area contributed by atoms with Gasteiger partial charge in [0.1, 0.15) is 0 Å². The molecule has 4 nitrogen and oxygen atoms in total. The Morgan fingerprint density at radius 3 is 2.29 bits per heavy atom. The number of hydrogen-bond acceptors (Lipinski definition) is 3. The van der Waals surface area contributed by atoms with Crippen molar-refractivity contribution in [3.8, 4) is 5.69 Å². The van der Waals surface area contributed by atoms with Crippen LogP contribution in [-0.2, 0) is 4.74 Å². The minimum Gasteiger partial charge on any atom is -0.464 e. The second kappa shape index (κ2) is 6.02. The first-order valence-corrected chi connectivity index (χ1v) is 7.59. The summed E-state index contributed by atoms with van der Waals surface area (Å²) in [7, 11) is 1.36. The van der Waals surface area contributed by atoms with Crippen molar-refractivity contribution in [3.05, 3.63) is 45.2 Å². The Morgan fingerprint density at radius 2 is 1.81 bits per heavy atom. The molecule has 5 heteroatoms. The number of hydrogen-bond donors (Lipinski definition) is 0. The molecule has 112 valence electrons. The van der Waals surface area contributed by atoms with Gasteiger partial charge in [0.15, 0.2) is 5.69 Å². The molecule has 0 aliphatic carbocycles. The molecule has 0 radical (unpaired) electrons. The molecule has 2 aromatic rings. The average Bonchev–Trinajstić information content (AvgIpc) is 2.74. The molecule has 0 unspecified atom stereocenters. The predicted octanol–water partition coefficient (Wildman–Crippen LogP) is 4.16. The Kier molecular flexibility index (Phi) is 4.52. The lowest BCUT2D eigenvalue weighted by atomic mass is 10.1. The van der Waals surface area contributed by atoms with Gasteiger partial charge in [0, 0.05) is 0 Å². The van der Waals surface area contributed by atoms with E-state index in [1.54, 1.807) is 0 Å². The number of carbonyl (C=O) groups excluding carboxylic acids is 1. The molecule has 2 rings (SSSR count). The van der Waals surface area contributed by atoms with E-state index in [0.29, 0.717) is 10.2 Å². The Balaban J connectivity index is 2.70. The minimum atomic E-state index is -0.438. The van der Waals surface area contributed by atoms with Gasteiger partial charge in [-0.1, -0.05) is 19.9 Å². The highest BCUT2D eigenvalue weighted by Gasteiger charge is 2.24. The van der Waals surface area contributed by atoms with Crippen molar-refractivity contribution in [1.82, 2.24) is 9.78 Å². The van der Waals surface area contributed by atoms with E-state index in [1.165, 1.54) is 7.11 Å². The standard InChI is InChI=1S/C16H19BrN2O2/c1-9(2)15-13(17)14(16(20)21-5)18-19(15)12-7-10(3)6-11(4)8-12/h6-9H,1-5H3. The summed E-state index contributed by atoms with van der Waals surface area (Å²) in [5, 5.41) is 4.45. The van der Waals surface area contributed by atoms with Crippen molar-refractivity contribution < 1.29 is 9.53 Å². The number of rotatable bonds is 3. The summed E-state index contributed by atoms with van der Waals surface area (Å²) >= 11 is 3.49. The summed E-state index contributed by atoms with van der Waals surface area (Å²) in [6.07, 6.45) is 0. The van der Waals surface area contributed by atoms with Crippen LogP contribution in [-0.4, -0.2) is 22.9 Å². The quantitative estimate of drug-likeness (QED) is 0.780. The number of carbonyl (C=O) groups is 1. The maximum Gasteiger partial charge on any atom is 0.359 e. The van der Waals surface area contributed by atoms with Crippen molar-refractivity contribution in [2.75, 3.05) is 7.11 Å². The van der Waals surface area contributed by atoms with E-state index < -0.39 is 5.97 Å². The third-order valence-electron chi connectivity index (χ3n) is 3.24. The highest BCUT2D eigenvalue weighted by Crippen LogP contribution is 2.31. The molecular weight excluding hydrogens is 332 g/mol. The molecule has 0 spiro atoms. The first-order chi connectivity index (χ1) is 9.85. The normalized spacial score (nSPS) is 11.0. The summed E-state index contributed by atoms with van der Waals surface area (Å²) in [4.78, 5) is 11.9. The van der Waals surface area contributed by atoms with Gasteiger partial charge in [-0.25, -0.2) is 9.48 Å². The van der Waals surface area contributed by atoms with Crippen LogP contribution >= 0.6 is 15.9 Å². The molecule has 0 saturated heterocycles. The van der Waals surface area contributed by atoms with Crippen molar-refractivity contribution >= 4 is 21.9 Å². The molecule has 0 amide bonds. The molecule has 0 bridgehead atoms. The number of esters is 1. The van der Waals surface area contributed by atoms with E-state index in [2.05, 4.69) is 53.1 Å². The number of nitrogens with zero attached hydrogens (tertiary/aromatic N) is 2. The maximum atomic E-state index is 11.9. The van der Waals surface area contributed by atoms with Crippen LogP contribution in [0.4, 0.5) is 0 Å². The molecule has 21 heavy (non-hydrogen) atoms. The zero-order chi connectivity index (χ0) is 15.7. The second-order valence-corrected chi connectivity index (χ2v) is 6.24. The first-order valence-electron chi connectivity index (χ1n) is 6.80. The molecule has 1 aromatic carbocycles. The van der Waals surface area contributed by atoms with Gasteiger partial charge in [0.25, 0.3) is 0 Å². The summed E-state index contributed by atoms with van der Waals surface area (Å²) in [5.41, 5.74) is 4.53. The number of ether oxygens (including phenoxy) is 1. The van der Waals surface area contributed by atoms with Crippen LogP contribution in [0.5, 0.6) is 0 Å². The summed E-state index contributed by atoms with van der Waals surface area (Å²) in [6.45, 7) is 8.24. The molecule has 0 saturated carbocycles. The summed E-state index contributed by atoms with van der Waals surface area (Å²) in [6, 6.07) is 6.22. The molecule has 1 aromatic heterocycles. The molecule has 0 aliphatic rings. The molecule has 1 heterocycles. The van der Waals surface area contributed by atoms with E-state index in [-0.39, 0.29) is 5.92 Å². The Labute approximate surface area is 133 Å². The lowest BCUT2D eigenvalue weighted by Gasteiger charge is -2.12. The zero-order valence-corrected chi connectivity index (χ0v) is 14.5. The third kappa shape index (κ3) is 3.02. The van der Waals surface area contributed by atoms with Gasteiger partial charge < -0.3 is 4.74 Å². The van der Waals surface area contributed by atoms with E-state index in [4.69, 9.17) is 4.74 Å². The lowest BCUT2D eigenvalue weighted by molar-refractivity contribution is 0.0592. The third-order valence-corrected chi connectivity index (χ3v) is 4.02. The number of halogens is 1. The molecule has 0 aliphatic heterocycles. The fourth-order valence-electron chi connectivity index (χ4n) is 2.41. The molecule has 0 fully saturated rings.